The molecule has 0 aromatic heterocycles. The number of carbonyl (C=O) groups excluding carboxylic acids is 1. The fourth-order valence-electron chi connectivity index (χ4n) is 2.24. The van der Waals surface area contributed by atoms with Crippen molar-refractivity contribution in [2.75, 3.05) is 16.8 Å². The lowest BCUT2D eigenvalue weighted by atomic mass is 9.98. The van der Waals surface area contributed by atoms with E-state index in [9.17, 15) is 4.79 Å². The lowest BCUT2D eigenvalue weighted by Crippen LogP contribution is -2.20. The lowest BCUT2D eigenvalue weighted by Gasteiger charge is -2.20. The number of anilines is 1. The van der Waals surface area contributed by atoms with Crippen molar-refractivity contribution in [3.63, 3.8) is 0 Å². The fourth-order valence-corrected chi connectivity index (χ4v) is 3.44. The van der Waals surface area contributed by atoms with Crippen molar-refractivity contribution >= 4 is 29.2 Å². The molecule has 0 saturated carbocycles. The molecule has 5 nitrogen and oxygen atoms in total. The number of rotatable bonds is 4. The van der Waals surface area contributed by atoms with Gasteiger partial charge in [-0.05, 0) is 42.4 Å². The number of carbonyl (C=O) groups is 1. The van der Waals surface area contributed by atoms with Crippen molar-refractivity contribution in [1.29, 1.82) is 0 Å². The van der Waals surface area contributed by atoms with Crippen LogP contribution in [0.5, 0.6) is 0 Å². The smallest absolute Gasteiger partial charge is 0.224 e. The van der Waals surface area contributed by atoms with Crippen LogP contribution >= 0.6 is 11.8 Å². The zero-order valence-corrected chi connectivity index (χ0v) is 12.0. The molecule has 2 rings (SSSR count). The molecule has 108 valence electrons. The van der Waals surface area contributed by atoms with Crippen LogP contribution in [0.15, 0.2) is 29.4 Å². The Morgan fingerprint density at radius 2 is 2.20 bits per heavy atom. The van der Waals surface area contributed by atoms with Crippen LogP contribution in [-0.4, -0.2) is 28.5 Å². The van der Waals surface area contributed by atoms with Crippen molar-refractivity contribution in [3.05, 3.63) is 29.8 Å². The van der Waals surface area contributed by atoms with Gasteiger partial charge in [-0.25, -0.2) is 0 Å². The first-order valence-electron chi connectivity index (χ1n) is 6.64. The number of nitrogens with one attached hydrogen (secondary N) is 1. The summed E-state index contributed by atoms with van der Waals surface area (Å²) in [6.45, 7) is 0. The van der Waals surface area contributed by atoms with Gasteiger partial charge in [0.05, 0.1) is 0 Å². The maximum atomic E-state index is 12.0. The van der Waals surface area contributed by atoms with Crippen LogP contribution in [-0.2, 0) is 4.79 Å². The number of thioether (sulfide) groups is 1. The second-order valence-corrected chi connectivity index (χ2v) is 6.10. The molecular formula is C14H19N3O2S. The molecule has 20 heavy (non-hydrogen) atoms. The molecule has 0 radical (unpaired) electrons. The summed E-state index contributed by atoms with van der Waals surface area (Å²) in [6, 6.07) is 6.98. The van der Waals surface area contributed by atoms with Gasteiger partial charge in [-0.15, -0.1) is 0 Å². The number of amidine groups is 1. The highest BCUT2D eigenvalue weighted by atomic mass is 32.2. The summed E-state index contributed by atoms with van der Waals surface area (Å²) < 4.78 is 0. The van der Waals surface area contributed by atoms with E-state index >= 15 is 0 Å². The molecule has 0 bridgehead atoms. The summed E-state index contributed by atoms with van der Waals surface area (Å²) in [5.41, 5.74) is 6.78. The Morgan fingerprint density at radius 3 is 2.90 bits per heavy atom. The molecule has 1 aliphatic heterocycles. The molecule has 1 aromatic rings. The Bertz CT molecular complexity index is 499. The highest BCUT2D eigenvalue weighted by Gasteiger charge is 2.17. The summed E-state index contributed by atoms with van der Waals surface area (Å²) in [5, 5.41) is 14.5. The monoisotopic (exact) mass is 293 g/mol. The molecule has 1 heterocycles. The molecule has 1 saturated heterocycles. The van der Waals surface area contributed by atoms with Gasteiger partial charge >= 0.3 is 0 Å². The number of amides is 1. The molecular weight excluding hydrogens is 274 g/mol. The third-order valence-corrected chi connectivity index (χ3v) is 4.41. The molecule has 0 aliphatic carbocycles. The minimum Gasteiger partial charge on any atom is -0.409 e. The van der Waals surface area contributed by atoms with Crippen LogP contribution in [0.4, 0.5) is 5.69 Å². The Kier molecular flexibility index (Phi) is 5.29. The molecule has 0 atom stereocenters. The van der Waals surface area contributed by atoms with Gasteiger partial charge in [0.15, 0.2) is 5.84 Å². The van der Waals surface area contributed by atoms with E-state index in [4.69, 9.17) is 10.9 Å². The van der Waals surface area contributed by atoms with Gasteiger partial charge in [0.2, 0.25) is 5.91 Å². The third-order valence-electron chi connectivity index (χ3n) is 3.36. The predicted octanol–water partition coefficient (Wildman–Crippen LogP) is 2.25. The number of nitrogens with zero attached hydrogens (tertiary/aromatic N) is 1. The first-order valence-corrected chi connectivity index (χ1v) is 7.80. The van der Waals surface area contributed by atoms with Crippen LogP contribution in [0.3, 0.4) is 0 Å². The molecule has 1 aliphatic rings. The second kappa shape index (κ2) is 7.19. The molecule has 1 amide bonds. The van der Waals surface area contributed by atoms with Crippen molar-refractivity contribution in [1.82, 2.24) is 0 Å². The van der Waals surface area contributed by atoms with E-state index in [1.807, 2.05) is 11.8 Å². The van der Waals surface area contributed by atoms with Crippen LogP contribution in [0, 0.1) is 5.92 Å². The number of hydrogen-bond donors (Lipinski definition) is 3. The van der Waals surface area contributed by atoms with Crippen molar-refractivity contribution in [3.8, 4) is 0 Å². The summed E-state index contributed by atoms with van der Waals surface area (Å²) in [5.74, 6) is 2.85. The molecule has 6 heteroatoms. The standard InChI is InChI=1S/C14H19N3O2S/c15-14(17-19)11-2-1-3-12(9-11)16-13(18)8-10-4-6-20-7-5-10/h1-3,9-10,19H,4-8H2,(H2,15,17)(H,16,18). The highest BCUT2D eigenvalue weighted by Crippen LogP contribution is 2.25. The number of hydrogen-bond acceptors (Lipinski definition) is 4. The topological polar surface area (TPSA) is 87.7 Å². The number of nitrogens with two attached hydrogens (primary N) is 1. The molecule has 0 spiro atoms. The molecule has 0 unspecified atom stereocenters. The summed E-state index contributed by atoms with van der Waals surface area (Å²) in [6.07, 6.45) is 2.79. The zero-order valence-electron chi connectivity index (χ0n) is 11.2. The van der Waals surface area contributed by atoms with E-state index < -0.39 is 0 Å². The van der Waals surface area contributed by atoms with Gasteiger partial charge in [-0.1, -0.05) is 17.3 Å². The van der Waals surface area contributed by atoms with Gasteiger partial charge in [0.1, 0.15) is 0 Å². The Labute approximate surface area is 122 Å². The van der Waals surface area contributed by atoms with E-state index in [0.717, 1.165) is 24.3 Å². The van der Waals surface area contributed by atoms with Gasteiger partial charge in [-0.2, -0.15) is 11.8 Å². The average Bonchev–Trinajstić information content (AvgIpc) is 2.47. The van der Waals surface area contributed by atoms with Crippen molar-refractivity contribution in [2.45, 2.75) is 19.3 Å². The van der Waals surface area contributed by atoms with Gasteiger partial charge in [0.25, 0.3) is 0 Å². The highest BCUT2D eigenvalue weighted by molar-refractivity contribution is 7.99. The number of oxime groups is 1. The van der Waals surface area contributed by atoms with Crippen LogP contribution in [0.2, 0.25) is 0 Å². The minimum atomic E-state index is 0.0264. The van der Waals surface area contributed by atoms with Crippen LogP contribution in [0.1, 0.15) is 24.8 Å². The fraction of sp³-hybridized carbons (Fsp3) is 0.429. The van der Waals surface area contributed by atoms with Crippen LogP contribution in [0.25, 0.3) is 0 Å². The minimum absolute atomic E-state index is 0.0264. The zero-order chi connectivity index (χ0) is 14.4. The Morgan fingerprint density at radius 1 is 1.45 bits per heavy atom. The van der Waals surface area contributed by atoms with Crippen molar-refractivity contribution in [2.24, 2.45) is 16.8 Å². The normalized spacial score (nSPS) is 16.9. The molecule has 1 aromatic carbocycles. The quantitative estimate of drug-likeness (QED) is 0.344. The third kappa shape index (κ3) is 4.16. The summed E-state index contributed by atoms with van der Waals surface area (Å²) in [7, 11) is 0. The first kappa shape index (κ1) is 14.7. The molecule has 1 fully saturated rings. The summed E-state index contributed by atoms with van der Waals surface area (Å²) >= 11 is 1.95. The molecule has 4 N–H and O–H groups in total. The SMILES string of the molecule is N/C(=N/O)c1cccc(NC(=O)CC2CCSCC2)c1. The first-order chi connectivity index (χ1) is 9.69. The van der Waals surface area contributed by atoms with Crippen LogP contribution < -0.4 is 11.1 Å². The van der Waals surface area contributed by atoms with Gasteiger partial charge < -0.3 is 16.3 Å². The van der Waals surface area contributed by atoms with E-state index in [1.165, 1.54) is 0 Å². The average molecular weight is 293 g/mol. The largest absolute Gasteiger partial charge is 0.409 e. The maximum Gasteiger partial charge on any atom is 0.224 e. The van der Waals surface area contributed by atoms with E-state index in [2.05, 4.69) is 10.5 Å². The lowest BCUT2D eigenvalue weighted by molar-refractivity contribution is -0.117. The van der Waals surface area contributed by atoms with E-state index in [0.29, 0.717) is 23.6 Å². The van der Waals surface area contributed by atoms with E-state index in [1.54, 1.807) is 24.3 Å². The second-order valence-electron chi connectivity index (χ2n) is 4.87. The van der Waals surface area contributed by atoms with Crippen molar-refractivity contribution < 1.29 is 10.0 Å². The predicted molar refractivity (Wildman–Crippen MR) is 82.2 cm³/mol. The summed E-state index contributed by atoms with van der Waals surface area (Å²) in [4.78, 5) is 12.0. The van der Waals surface area contributed by atoms with Gasteiger partial charge in [0, 0.05) is 17.7 Å². The Balaban J connectivity index is 1.93. The Hall–Kier alpha value is -1.69. The van der Waals surface area contributed by atoms with Gasteiger partial charge in [-0.3, -0.25) is 4.79 Å². The maximum absolute atomic E-state index is 12.0. The van der Waals surface area contributed by atoms with E-state index in [-0.39, 0.29) is 11.7 Å². The number of benzene rings is 1.